The second-order valence-electron chi connectivity index (χ2n) is 9.76. The second kappa shape index (κ2) is 10.1. The van der Waals surface area contributed by atoms with E-state index in [0.29, 0.717) is 11.6 Å². The molecule has 2 atom stereocenters. The number of anilines is 2. The van der Waals surface area contributed by atoms with Crippen LogP contribution in [0, 0.1) is 0 Å². The van der Waals surface area contributed by atoms with Gasteiger partial charge in [0, 0.05) is 55.4 Å². The highest BCUT2D eigenvalue weighted by molar-refractivity contribution is 6.42. The monoisotopic (exact) mass is 507 g/mol. The smallest absolute Gasteiger partial charge is 0.294 e. The standard InChI is InChI=1S/C30H29N5O3/c1-33-14-16-34(17-15-33)26-11-10-22(19-25(26)30-31-12-18-38-30)32-29(37)28(36)27-24(21-7-3-2-4-8-21)20-23-9-5-6-13-35(23)27/h2-13,18-20,24,27H,14-17H2,1H3,(H,32,37). The molecule has 0 spiro atoms. The molecular formula is C30H29N5O3. The summed E-state index contributed by atoms with van der Waals surface area (Å²) < 4.78 is 5.63. The number of Topliss-reactive ketones (excluding diaryl/α,β-unsaturated/α-hetero) is 1. The molecule has 4 heterocycles. The molecule has 2 unspecified atom stereocenters. The molecule has 1 aromatic heterocycles. The number of fused-ring (bicyclic) bond motifs is 1. The number of piperazine rings is 1. The maximum absolute atomic E-state index is 13.7. The van der Waals surface area contributed by atoms with Crippen molar-refractivity contribution in [3.8, 4) is 11.5 Å². The molecule has 1 amide bonds. The van der Waals surface area contributed by atoms with Crippen molar-refractivity contribution < 1.29 is 14.0 Å². The Hall–Kier alpha value is -4.43. The molecule has 1 saturated heterocycles. The fourth-order valence-electron chi connectivity index (χ4n) is 5.35. The Morgan fingerprint density at radius 1 is 1.03 bits per heavy atom. The maximum Gasteiger partial charge on any atom is 0.294 e. The van der Waals surface area contributed by atoms with E-state index in [1.165, 1.54) is 6.26 Å². The number of ketones is 1. The number of carbonyl (C=O) groups excluding carboxylic acids is 2. The van der Waals surface area contributed by atoms with Crippen LogP contribution >= 0.6 is 0 Å². The van der Waals surface area contributed by atoms with Crippen LogP contribution in [0.1, 0.15) is 11.5 Å². The predicted molar refractivity (Wildman–Crippen MR) is 146 cm³/mol. The maximum atomic E-state index is 13.7. The summed E-state index contributed by atoms with van der Waals surface area (Å²) in [5, 5.41) is 2.85. The van der Waals surface area contributed by atoms with Crippen molar-refractivity contribution in [3.63, 3.8) is 0 Å². The minimum atomic E-state index is -0.663. The van der Waals surface area contributed by atoms with Gasteiger partial charge in [-0.2, -0.15) is 0 Å². The number of hydrogen-bond acceptors (Lipinski definition) is 7. The molecule has 3 aromatic rings. The first-order valence-corrected chi connectivity index (χ1v) is 12.8. The Morgan fingerprint density at radius 3 is 2.61 bits per heavy atom. The molecule has 2 aromatic carbocycles. The SMILES string of the molecule is CN1CCN(c2ccc(NC(=O)C(=O)C3C(c4ccccc4)C=C4C=CC=CN43)cc2-c2ncco2)CC1. The molecule has 0 saturated carbocycles. The van der Waals surface area contributed by atoms with Crippen molar-refractivity contribution in [1.82, 2.24) is 14.8 Å². The van der Waals surface area contributed by atoms with Crippen LogP contribution in [-0.4, -0.2) is 65.7 Å². The summed E-state index contributed by atoms with van der Waals surface area (Å²) in [6.07, 6.45) is 12.8. The minimum absolute atomic E-state index is 0.237. The van der Waals surface area contributed by atoms with Crippen LogP contribution < -0.4 is 10.2 Å². The third-order valence-corrected chi connectivity index (χ3v) is 7.35. The largest absolute Gasteiger partial charge is 0.444 e. The fraction of sp³-hybridized carbons (Fsp3) is 0.233. The highest BCUT2D eigenvalue weighted by Gasteiger charge is 2.41. The van der Waals surface area contributed by atoms with Gasteiger partial charge in [0.15, 0.2) is 0 Å². The third kappa shape index (κ3) is 4.54. The van der Waals surface area contributed by atoms with Gasteiger partial charge in [0.2, 0.25) is 11.7 Å². The minimum Gasteiger partial charge on any atom is -0.444 e. The number of oxazole rings is 1. The lowest BCUT2D eigenvalue weighted by atomic mass is 9.90. The van der Waals surface area contributed by atoms with E-state index >= 15 is 0 Å². The molecule has 0 radical (unpaired) electrons. The Labute approximate surface area is 221 Å². The summed E-state index contributed by atoms with van der Waals surface area (Å²) in [7, 11) is 2.11. The topological polar surface area (TPSA) is 81.9 Å². The van der Waals surface area contributed by atoms with E-state index in [4.69, 9.17) is 4.42 Å². The van der Waals surface area contributed by atoms with Crippen LogP contribution in [0.15, 0.2) is 102 Å². The van der Waals surface area contributed by atoms with Gasteiger partial charge in [-0.1, -0.05) is 42.5 Å². The van der Waals surface area contributed by atoms with Gasteiger partial charge in [-0.05, 0) is 43.0 Å². The molecule has 0 bridgehead atoms. The fourth-order valence-corrected chi connectivity index (χ4v) is 5.35. The van der Waals surface area contributed by atoms with Gasteiger partial charge in [0.05, 0.1) is 11.8 Å². The van der Waals surface area contributed by atoms with Crippen LogP contribution in [0.3, 0.4) is 0 Å². The van der Waals surface area contributed by atoms with E-state index < -0.39 is 17.7 Å². The Bertz CT molecular complexity index is 1420. The number of carbonyl (C=O) groups is 2. The number of benzene rings is 2. The summed E-state index contributed by atoms with van der Waals surface area (Å²) in [6.45, 7) is 3.67. The Balaban J connectivity index is 1.26. The van der Waals surface area contributed by atoms with Crippen LogP contribution in [-0.2, 0) is 9.59 Å². The van der Waals surface area contributed by atoms with Crippen molar-refractivity contribution in [2.45, 2.75) is 12.0 Å². The normalized spacial score (nSPS) is 20.8. The lowest BCUT2D eigenvalue weighted by molar-refractivity contribution is -0.137. The first-order valence-electron chi connectivity index (χ1n) is 12.8. The molecule has 3 aliphatic rings. The molecule has 6 rings (SSSR count). The van der Waals surface area contributed by atoms with E-state index in [9.17, 15) is 9.59 Å². The van der Waals surface area contributed by atoms with Crippen LogP contribution in [0.2, 0.25) is 0 Å². The van der Waals surface area contributed by atoms with E-state index in [-0.39, 0.29) is 5.92 Å². The van der Waals surface area contributed by atoms with Gasteiger partial charge >= 0.3 is 0 Å². The van der Waals surface area contributed by atoms with E-state index in [0.717, 1.165) is 48.7 Å². The average Bonchev–Trinajstić information content (AvgIpc) is 3.62. The molecular weight excluding hydrogens is 478 g/mol. The lowest BCUT2D eigenvalue weighted by Gasteiger charge is -2.35. The average molecular weight is 508 g/mol. The zero-order valence-electron chi connectivity index (χ0n) is 21.2. The Kier molecular flexibility index (Phi) is 6.39. The summed E-state index contributed by atoms with van der Waals surface area (Å²) in [5.74, 6) is -0.912. The molecule has 8 nitrogen and oxygen atoms in total. The summed E-state index contributed by atoms with van der Waals surface area (Å²) in [5.41, 5.74) is 4.19. The van der Waals surface area contributed by atoms with Gasteiger partial charge in [0.25, 0.3) is 5.91 Å². The van der Waals surface area contributed by atoms with Gasteiger partial charge in [0.1, 0.15) is 12.3 Å². The number of nitrogens with zero attached hydrogens (tertiary/aromatic N) is 4. The zero-order valence-corrected chi connectivity index (χ0v) is 21.2. The summed E-state index contributed by atoms with van der Waals surface area (Å²) in [4.78, 5) is 37.8. The number of allylic oxidation sites excluding steroid dienone is 3. The van der Waals surface area contributed by atoms with Gasteiger partial charge in [-0.25, -0.2) is 4.98 Å². The van der Waals surface area contributed by atoms with Gasteiger partial charge in [-0.15, -0.1) is 0 Å². The number of nitrogens with one attached hydrogen (secondary N) is 1. The van der Waals surface area contributed by atoms with E-state index in [2.05, 4.69) is 33.2 Å². The van der Waals surface area contributed by atoms with Crippen LogP contribution in [0.25, 0.3) is 11.5 Å². The number of hydrogen-bond donors (Lipinski definition) is 1. The van der Waals surface area contributed by atoms with Gasteiger partial charge in [-0.3, -0.25) is 9.59 Å². The molecule has 8 heteroatoms. The van der Waals surface area contributed by atoms with Crippen molar-refractivity contribution in [2.75, 3.05) is 43.4 Å². The van der Waals surface area contributed by atoms with Crippen LogP contribution in [0.5, 0.6) is 0 Å². The summed E-state index contributed by atoms with van der Waals surface area (Å²) in [6, 6.07) is 14.8. The lowest BCUT2D eigenvalue weighted by Crippen LogP contribution is -2.44. The molecule has 1 fully saturated rings. The predicted octanol–water partition coefficient (Wildman–Crippen LogP) is 4.04. The molecule has 38 heavy (non-hydrogen) atoms. The Morgan fingerprint density at radius 2 is 1.84 bits per heavy atom. The number of amides is 1. The van der Waals surface area contributed by atoms with E-state index in [1.807, 2.05) is 77.9 Å². The first kappa shape index (κ1) is 23.9. The van der Waals surface area contributed by atoms with Crippen molar-refractivity contribution in [3.05, 3.63) is 103 Å². The highest BCUT2D eigenvalue weighted by atomic mass is 16.3. The first-order chi connectivity index (χ1) is 18.6. The summed E-state index contributed by atoms with van der Waals surface area (Å²) >= 11 is 0. The number of rotatable bonds is 6. The van der Waals surface area contributed by atoms with Crippen molar-refractivity contribution in [2.24, 2.45) is 0 Å². The highest BCUT2D eigenvalue weighted by Crippen LogP contribution is 2.38. The quantitative estimate of drug-likeness (QED) is 0.505. The van der Waals surface area contributed by atoms with E-state index in [1.54, 1.807) is 6.20 Å². The van der Waals surface area contributed by atoms with Crippen molar-refractivity contribution in [1.29, 1.82) is 0 Å². The second-order valence-corrected chi connectivity index (χ2v) is 9.76. The number of aromatic nitrogens is 1. The number of likely N-dealkylation sites (N-methyl/N-ethyl adjacent to an activating group) is 1. The molecule has 3 aliphatic heterocycles. The van der Waals surface area contributed by atoms with Gasteiger partial charge < -0.3 is 24.4 Å². The van der Waals surface area contributed by atoms with Crippen molar-refractivity contribution >= 4 is 23.1 Å². The molecule has 0 aliphatic carbocycles. The third-order valence-electron chi connectivity index (χ3n) is 7.35. The van der Waals surface area contributed by atoms with Crippen LogP contribution in [0.4, 0.5) is 11.4 Å². The molecule has 192 valence electrons. The molecule has 1 N–H and O–H groups in total. The zero-order chi connectivity index (χ0) is 26.1.